The predicted molar refractivity (Wildman–Crippen MR) is 80.7 cm³/mol. The van der Waals surface area contributed by atoms with E-state index in [1.807, 2.05) is 0 Å². The number of aliphatic hydroxyl groups is 1. The first-order valence-electron chi connectivity index (χ1n) is 6.79. The number of fused-ring (bicyclic) bond motifs is 1. The molecule has 1 N–H and O–H groups in total. The van der Waals surface area contributed by atoms with E-state index in [0.29, 0.717) is 22.3 Å². The number of benzene rings is 1. The van der Waals surface area contributed by atoms with Crippen molar-refractivity contribution in [2.45, 2.75) is 12.6 Å². The van der Waals surface area contributed by atoms with Gasteiger partial charge in [-0.25, -0.2) is 4.98 Å². The predicted octanol–water partition coefficient (Wildman–Crippen LogP) is 0.872. The average Bonchev–Trinajstić information content (AvgIpc) is 2.92. The number of ether oxygens (including phenoxy) is 1. The van der Waals surface area contributed by atoms with Crippen LogP contribution in [0, 0.1) is 0 Å². The number of methoxy groups -OCH3 is 1. The summed E-state index contributed by atoms with van der Waals surface area (Å²) in [5.74, 6) is 0.657. The van der Waals surface area contributed by atoms with Crippen LogP contribution in [0.1, 0.15) is 11.7 Å². The van der Waals surface area contributed by atoms with Crippen molar-refractivity contribution in [3.63, 3.8) is 0 Å². The molecule has 0 saturated carbocycles. The van der Waals surface area contributed by atoms with Crippen LogP contribution in [0.5, 0.6) is 5.75 Å². The Morgan fingerprint density at radius 3 is 3.00 bits per heavy atom. The molecule has 0 bridgehead atoms. The smallest absolute Gasteiger partial charge is 0.264 e. The first-order chi connectivity index (χ1) is 10.6. The summed E-state index contributed by atoms with van der Waals surface area (Å²) in [6.07, 6.45) is 2.08. The third-order valence-electron chi connectivity index (χ3n) is 3.57. The highest BCUT2D eigenvalue weighted by Crippen LogP contribution is 2.20. The van der Waals surface area contributed by atoms with Crippen LogP contribution in [0.25, 0.3) is 11.0 Å². The minimum atomic E-state index is -0.830. The van der Waals surface area contributed by atoms with Gasteiger partial charge in [0.15, 0.2) is 5.65 Å². The average molecular weight is 300 g/mol. The molecule has 0 spiro atoms. The standard InChI is InChI=1S/C15H16N4O3/c1-18-14-12(7-17-18)15(21)19(9-16-14)8-13(20)10-4-3-5-11(6-10)22-2/h3-7,9,13,20H,8H2,1-2H3. The zero-order valence-electron chi connectivity index (χ0n) is 12.3. The number of aromatic nitrogens is 4. The molecule has 1 aromatic carbocycles. The zero-order valence-corrected chi connectivity index (χ0v) is 12.3. The Balaban J connectivity index is 1.92. The molecule has 7 heteroatoms. The normalized spacial score (nSPS) is 12.5. The maximum absolute atomic E-state index is 12.4. The fraction of sp³-hybridized carbons (Fsp3) is 0.267. The molecule has 22 heavy (non-hydrogen) atoms. The molecule has 0 radical (unpaired) electrons. The molecule has 1 atom stereocenters. The summed E-state index contributed by atoms with van der Waals surface area (Å²) < 4.78 is 8.06. The van der Waals surface area contributed by atoms with E-state index in [9.17, 15) is 9.90 Å². The minimum absolute atomic E-state index is 0.115. The molecule has 0 fully saturated rings. The number of aliphatic hydroxyl groups excluding tert-OH is 1. The maximum Gasteiger partial charge on any atom is 0.264 e. The summed E-state index contributed by atoms with van der Waals surface area (Å²) >= 11 is 0. The van der Waals surface area contributed by atoms with Crippen molar-refractivity contribution < 1.29 is 9.84 Å². The second kappa shape index (κ2) is 5.61. The Bertz CT molecular complexity index is 869. The van der Waals surface area contributed by atoms with E-state index in [2.05, 4.69) is 10.1 Å². The van der Waals surface area contributed by atoms with Crippen LogP contribution < -0.4 is 10.3 Å². The van der Waals surface area contributed by atoms with Gasteiger partial charge in [-0.1, -0.05) is 12.1 Å². The van der Waals surface area contributed by atoms with E-state index >= 15 is 0 Å². The fourth-order valence-electron chi connectivity index (χ4n) is 2.34. The Morgan fingerprint density at radius 2 is 2.23 bits per heavy atom. The first-order valence-corrected chi connectivity index (χ1v) is 6.79. The van der Waals surface area contributed by atoms with Crippen LogP contribution in [0.15, 0.2) is 41.6 Å². The van der Waals surface area contributed by atoms with Gasteiger partial charge in [-0.05, 0) is 17.7 Å². The SMILES string of the molecule is COc1cccc(C(O)Cn2cnc3c(cnn3C)c2=O)c1. The summed E-state index contributed by atoms with van der Waals surface area (Å²) in [5, 5.41) is 14.8. The van der Waals surface area contributed by atoms with Crippen molar-refractivity contribution in [3.8, 4) is 5.75 Å². The summed E-state index contributed by atoms with van der Waals surface area (Å²) in [6, 6.07) is 7.12. The van der Waals surface area contributed by atoms with E-state index in [-0.39, 0.29) is 12.1 Å². The van der Waals surface area contributed by atoms with Crippen molar-refractivity contribution in [3.05, 3.63) is 52.7 Å². The van der Waals surface area contributed by atoms with Crippen molar-refractivity contribution in [1.29, 1.82) is 0 Å². The van der Waals surface area contributed by atoms with Gasteiger partial charge in [0.05, 0.1) is 26.0 Å². The molecule has 0 aliphatic heterocycles. The van der Waals surface area contributed by atoms with Gasteiger partial charge in [-0.3, -0.25) is 14.0 Å². The second-order valence-electron chi connectivity index (χ2n) is 5.00. The highest BCUT2D eigenvalue weighted by Gasteiger charge is 2.13. The van der Waals surface area contributed by atoms with E-state index in [1.54, 1.807) is 43.1 Å². The number of aryl methyl sites for hydroxylation is 1. The first kappa shape index (κ1) is 14.3. The van der Waals surface area contributed by atoms with Crippen molar-refractivity contribution in [2.24, 2.45) is 7.05 Å². The summed E-state index contributed by atoms with van der Waals surface area (Å²) in [7, 11) is 3.29. The van der Waals surface area contributed by atoms with E-state index in [4.69, 9.17) is 4.74 Å². The van der Waals surface area contributed by atoms with Crippen molar-refractivity contribution in [1.82, 2.24) is 19.3 Å². The lowest BCUT2D eigenvalue weighted by Crippen LogP contribution is -2.23. The maximum atomic E-state index is 12.4. The number of rotatable bonds is 4. The highest BCUT2D eigenvalue weighted by atomic mass is 16.5. The van der Waals surface area contributed by atoms with Crippen LogP contribution >= 0.6 is 0 Å². The molecule has 1 unspecified atom stereocenters. The molecule has 114 valence electrons. The Hall–Kier alpha value is -2.67. The van der Waals surface area contributed by atoms with Gasteiger partial charge in [-0.15, -0.1) is 0 Å². The quantitative estimate of drug-likeness (QED) is 0.773. The van der Waals surface area contributed by atoms with Crippen LogP contribution in [-0.2, 0) is 13.6 Å². The van der Waals surface area contributed by atoms with Crippen molar-refractivity contribution in [2.75, 3.05) is 7.11 Å². The molecule has 0 saturated heterocycles. The van der Waals surface area contributed by atoms with Crippen LogP contribution in [0.4, 0.5) is 0 Å². The monoisotopic (exact) mass is 300 g/mol. The van der Waals surface area contributed by atoms with Gasteiger partial charge in [0, 0.05) is 7.05 Å². The Kier molecular flexibility index (Phi) is 3.64. The lowest BCUT2D eigenvalue weighted by molar-refractivity contribution is 0.154. The molecular formula is C15H16N4O3. The minimum Gasteiger partial charge on any atom is -0.497 e. The zero-order chi connectivity index (χ0) is 15.7. The van der Waals surface area contributed by atoms with Crippen LogP contribution in [-0.4, -0.2) is 31.5 Å². The van der Waals surface area contributed by atoms with E-state index in [0.717, 1.165) is 0 Å². The third-order valence-corrected chi connectivity index (χ3v) is 3.57. The lowest BCUT2D eigenvalue weighted by atomic mass is 10.1. The van der Waals surface area contributed by atoms with Crippen LogP contribution in [0.3, 0.4) is 0 Å². The summed E-state index contributed by atoms with van der Waals surface area (Å²) in [4.78, 5) is 16.6. The molecule has 0 aliphatic rings. The molecule has 7 nitrogen and oxygen atoms in total. The van der Waals surface area contributed by atoms with E-state index < -0.39 is 6.10 Å². The lowest BCUT2D eigenvalue weighted by Gasteiger charge is -2.13. The van der Waals surface area contributed by atoms with Gasteiger partial charge >= 0.3 is 0 Å². The van der Waals surface area contributed by atoms with Gasteiger partial charge in [0.1, 0.15) is 17.5 Å². The Morgan fingerprint density at radius 1 is 1.41 bits per heavy atom. The third kappa shape index (κ3) is 2.46. The number of hydrogen-bond donors (Lipinski definition) is 1. The van der Waals surface area contributed by atoms with Gasteiger partial charge in [0.2, 0.25) is 0 Å². The van der Waals surface area contributed by atoms with Crippen LogP contribution in [0.2, 0.25) is 0 Å². The number of hydrogen-bond acceptors (Lipinski definition) is 5. The fourth-order valence-corrected chi connectivity index (χ4v) is 2.34. The molecule has 3 rings (SSSR count). The van der Waals surface area contributed by atoms with Gasteiger partial charge < -0.3 is 9.84 Å². The topological polar surface area (TPSA) is 82.2 Å². The molecule has 3 aromatic rings. The molecule has 2 heterocycles. The van der Waals surface area contributed by atoms with Crippen molar-refractivity contribution >= 4 is 11.0 Å². The molecule has 0 aliphatic carbocycles. The number of nitrogens with zero attached hydrogens (tertiary/aromatic N) is 4. The Labute approximate surface area is 126 Å². The highest BCUT2D eigenvalue weighted by molar-refractivity contribution is 5.72. The van der Waals surface area contributed by atoms with Gasteiger partial charge in [-0.2, -0.15) is 5.10 Å². The molecular weight excluding hydrogens is 284 g/mol. The second-order valence-corrected chi connectivity index (χ2v) is 5.00. The van der Waals surface area contributed by atoms with Gasteiger partial charge in [0.25, 0.3) is 5.56 Å². The largest absolute Gasteiger partial charge is 0.497 e. The molecule has 2 aromatic heterocycles. The van der Waals surface area contributed by atoms with E-state index in [1.165, 1.54) is 17.1 Å². The summed E-state index contributed by atoms with van der Waals surface area (Å²) in [5.41, 5.74) is 0.981. The molecule has 0 amide bonds. The summed E-state index contributed by atoms with van der Waals surface area (Å²) in [6.45, 7) is 0.115.